The molecule has 2 rings (SSSR count). The summed E-state index contributed by atoms with van der Waals surface area (Å²) in [5.74, 6) is 0.808. The molecule has 0 bridgehead atoms. The number of hydrogen-bond acceptors (Lipinski definition) is 4. The highest BCUT2D eigenvalue weighted by Gasteiger charge is 2.21. The smallest absolute Gasteiger partial charge is 0.251 e. The monoisotopic (exact) mass is 460 g/mol. The van der Waals surface area contributed by atoms with Gasteiger partial charge in [-0.1, -0.05) is 17.7 Å². The summed E-state index contributed by atoms with van der Waals surface area (Å²) in [5.41, 5.74) is 2.02. The number of ether oxygens (including phenoxy) is 1. The van der Waals surface area contributed by atoms with E-state index in [9.17, 15) is 8.42 Å². The van der Waals surface area contributed by atoms with E-state index >= 15 is 0 Å². The van der Waals surface area contributed by atoms with E-state index in [2.05, 4.69) is 5.32 Å². The molecule has 0 fully saturated rings. The SMILES string of the molecule is COc1ccc(NCCCN(I)S(=O)(=O)c2ccc(C)cc2)cc1. The van der Waals surface area contributed by atoms with Crippen LogP contribution in [0.15, 0.2) is 53.4 Å². The molecule has 0 heterocycles. The summed E-state index contributed by atoms with van der Waals surface area (Å²) in [7, 11) is -1.80. The van der Waals surface area contributed by atoms with Crippen molar-refractivity contribution in [3.05, 3.63) is 54.1 Å². The Morgan fingerprint density at radius 3 is 2.29 bits per heavy atom. The summed E-state index contributed by atoms with van der Waals surface area (Å²) in [6, 6.07) is 14.5. The Labute approximate surface area is 157 Å². The van der Waals surface area contributed by atoms with Crippen LogP contribution in [-0.2, 0) is 10.0 Å². The first kappa shape index (κ1) is 19.0. The summed E-state index contributed by atoms with van der Waals surface area (Å²) in [6.07, 6.45) is 0.708. The van der Waals surface area contributed by atoms with Gasteiger partial charge in [0.05, 0.1) is 12.0 Å². The van der Waals surface area contributed by atoms with Gasteiger partial charge in [0.25, 0.3) is 10.0 Å². The van der Waals surface area contributed by atoms with E-state index in [1.165, 1.54) is 2.52 Å². The summed E-state index contributed by atoms with van der Waals surface area (Å²) in [5, 5.41) is 3.27. The highest BCUT2D eigenvalue weighted by Crippen LogP contribution is 2.20. The van der Waals surface area contributed by atoms with E-state index in [1.807, 2.05) is 66.2 Å². The molecule has 24 heavy (non-hydrogen) atoms. The van der Waals surface area contributed by atoms with Crippen LogP contribution in [0.2, 0.25) is 0 Å². The van der Waals surface area contributed by atoms with Gasteiger partial charge in [0.15, 0.2) is 0 Å². The number of nitrogens with zero attached hydrogens (tertiary/aromatic N) is 1. The summed E-state index contributed by atoms with van der Waals surface area (Å²) >= 11 is 1.86. The zero-order chi connectivity index (χ0) is 17.6. The highest BCUT2D eigenvalue weighted by atomic mass is 127. The molecule has 0 unspecified atom stereocenters. The third-order valence-electron chi connectivity index (χ3n) is 3.51. The predicted octanol–water partition coefficient (Wildman–Crippen LogP) is 3.85. The molecule has 5 nitrogen and oxygen atoms in total. The van der Waals surface area contributed by atoms with Crippen LogP contribution in [0.1, 0.15) is 12.0 Å². The number of aryl methyl sites for hydroxylation is 1. The fourth-order valence-electron chi connectivity index (χ4n) is 2.09. The minimum Gasteiger partial charge on any atom is -0.497 e. The van der Waals surface area contributed by atoms with E-state index in [4.69, 9.17) is 4.74 Å². The third kappa shape index (κ3) is 5.09. The summed E-state index contributed by atoms with van der Waals surface area (Å²) in [6.45, 7) is 3.07. The lowest BCUT2D eigenvalue weighted by Crippen LogP contribution is -2.23. The number of nitrogens with one attached hydrogen (secondary N) is 1. The van der Waals surface area contributed by atoms with Gasteiger partial charge in [-0.25, -0.2) is 8.42 Å². The van der Waals surface area contributed by atoms with Crippen molar-refractivity contribution in [1.82, 2.24) is 2.52 Å². The number of hydrogen-bond donors (Lipinski definition) is 1. The quantitative estimate of drug-likeness (QED) is 0.370. The normalized spacial score (nSPS) is 11.5. The molecule has 0 saturated carbocycles. The molecule has 0 aliphatic rings. The molecular weight excluding hydrogens is 439 g/mol. The first-order chi connectivity index (χ1) is 11.4. The van der Waals surface area contributed by atoms with E-state index in [-0.39, 0.29) is 0 Å². The number of rotatable bonds is 8. The van der Waals surface area contributed by atoms with Crippen LogP contribution in [-0.4, -0.2) is 31.1 Å². The molecule has 0 aromatic heterocycles. The number of methoxy groups -OCH3 is 1. The van der Waals surface area contributed by atoms with Crippen LogP contribution in [0, 0.1) is 6.92 Å². The van der Waals surface area contributed by atoms with Crippen LogP contribution < -0.4 is 10.1 Å². The Bertz CT molecular complexity index is 746. The van der Waals surface area contributed by atoms with Crippen molar-refractivity contribution in [2.75, 3.05) is 25.5 Å². The zero-order valence-electron chi connectivity index (χ0n) is 13.7. The highest BCUT2D eigenvalue weighted by molar-refractivity contribution is 14.1. The molecule has 0 saturated heterocycles. The Kier molecular flexibility index (Phi) is 6.88. The van der Waals surface area contributed by atoms with Gasteiger partial charge in [-0.3, -0.25) is 0 Å². The van der Waals surface area contributed by atoms with Crippen molar-refractivity contribution in [2.24, 2.45) is 0 Å². The van der Waals surface area contributed by atoms with Gasteiger partial charge >= 0.3 is 0 Å². The van der Waals surface area contributed by atoms with Gasteiger partial charge in [-0.05, 0) is 49.7 Å². The Morgan fingerprint density at radius 1 is 1.08 bits per heavy atom. The lowest BCUT2D eigenvalue weighted by atomic mass is 10.2. The number of halogens is 1. The van der Waals surface area contributed by atoms with Crippen molar-refractivity contribution in [1.29, 1.82) is 0 Å². The van der Waals surface area contributed by atoms with E-state index in [0.29, 0.717) is 24.4 Å². The second-order valence-corrected chi connectivity index (χ2v) is 9.02. The molecule has 2 aromatic rings. The molecule has 0 amide bonds. The van der Waals surface area contributed by atoms with Crippen molar-refractivity contribution in [3.8, 4) is 5.75 Å². The predicted molar refractivity (Wildman–Crippen MR) is 105 cm³/mol. The third-order valence-corrected chi connectivity index (χ3v) is 7.12. The number of sulfonamides is 1. The fourth-order valence-corrected chi connectivity index (χ4v) is 4.19. The minimum atomic E-state index is -3.43. The van der Waals surface area contributed by atoms with Gasteiger partial charge in [0.2, 0.25) is 0 Å². The van der Waals surface area contributed by atoms with Gasteiger partial charge < -0.3 is 10.1 Å². The van der Waals surface area contributed by atoms with Crippen molar-refractivity contribution >= 4 is 38.6 Å². The van der Waals surface area contributed by atoms with Crippen LogP contribution in [0.25, 0.3) is 0 Å². The fraction of sp³-hybridized carbons (Fsp3) is 0.294. The molecule has 0 aliphatic carbocycles. The van der Waals surface area contributed by atoms with Crippen molar-refractivity contribution in [3.63, 3.8) is 0 Å². The molecular formula is C17H21IN2O3S. The average Bonchev–Trinajstić information content (AvgIpc) is 2.59. The Hall–Kier alpha value is -1.32. The molecule has 0 spiro atoms. The van der Waals surface area contributed by atoms with Crippen molar-refractivity contribution < 1.29 is 13.2 Å². The molecule has 0 atom stereocenters. The topological polar surface area (TPSA) is 58.6 Å². The number of benzene rings is 2. The maximum absolute atomic E-state index is 12.5. The lowest BCUT2D eigenvalue weighted by Gasteiger charge is -2.15. The molecule has 1 N–H and O–H groups in total. The first-order valence-corrected chi connectivity index (χ1v) is 9.97. The standard InChI is InChI=1S/C17H21IN2O3S/c1-14-4-10-17(11-5-14)24(21,22)20(18)13-3-12-19-15-6-8-16(23-2)9-7-15/h4-11,19H,3,12-13H2,1-2H3. The van der Waals surface area contributed by atoms with Crippen molar-refractivity contribution in [2.45, 2.75) is 18.2 Å². The maximum atomic E-state index is 12.5. The van der Waals surface area contributed by atoms with E-state index in [1.54, 1.807) is 19.2 Å². The minimum absolute atomic E-state index is 0.325. The Morgan fingerprint density at radius 2 is 1.71 bits per heavy atom. The molecule has 0 aliphatic heterocycles. The summed E-state index contributed by atoms with van der Waals surface area (Å²) in [4.78, 5) is 0.325. The van der Waals surface area contributed by atoms with Crippen LogP contribution in [0.3, 0.4) is 0 Å². The Balaban J connectivity index is 1.83. The molecule has 130 valence electrons. The van der Waals surface area contributed by atoms with Crippen LogP contribution >= 0.6 is 22.9 Å². The number of anilines is 1. The largest absolute Gasteiger partial charge is 0.497 e. The van der Waals surface area contributed by atoms with Gasteiger partial charge in [-0.2, -0.15) is 0 Å². The second kappa shape index (κ2) is 8.68. The van der Waals surface area contributed by atoms with E-state index in [0.717, 1.165) is 17.0 Å². The lowest BCUT2D eigenvalue weighted by molar-refractivity contribution is 0.415. The van der Waals surface area contributed by atoms with Crippen LogP contribution in [0.5, 0.6) is 5.75 Å². The second-order valence-electron chi connectivity index (χ2n) is 5.34. The molecule has 0 radical (unpaired) electrons. The zero-order valence-corrected chi connectivity index (χ0v) is 16.7. The van der Waals surface area contributed by atoms with Crippen LogP contribution in [0.4, 0.5) is 5.69 Å². The van der Waals surface area contributed by atoms with Gasteiger partial charge in [-0.15, -0.1) is 2.52 Å². The summed E-state index contributed by atoms with van der Waals surface area (Å²) < 4.78 is 31.4. The van der Waals surface area contributed by atoms with Gasteiger partial charge in [0.1, 0.15) is 5.75 Å². The molecule has 7 heteroatoms. The average molecular weight is 460 g/mol. The first-order valence-electron chi connectivity index (χ1n) is 7.56. The van der Waals surface area contributed by atoms with E-state index < -0.39 is 10.0 Å². The maximum Gasteiger partial charge on any atom is 0.251 e. The molecule has 2 aromatic carbocycles. The van der Waals surface area contributed by atoms with Gasteiger partial charge in [0, 0.05) is 41.6 Å².